The van der Waals surface area contributed by atoms with Crippen LogP contribution in [0.4, 0.5) is 0 Å². The van der Waals surface area contributed by atoms with Gasteiger partial charge in [0.2, 0.25) is 0 Å². The summed E-state index contributed by atoms with van der Waals surface area (Å²) in [7, 11) is 1.46. The normalized spacial score (nSPS) is 33.7. The number of hydrogen-bond acceptors (Lipinski definition) is 5. The summed E-state index contributed by atoms with van der Waals surface area (Å²) in [6, 6.07) is 4.75. The van der Waals surface area contributed by atoms with E-state index in [4.69, 9.17) is 4.74 Å². The fourth-order valence-corrected chi connectivity index (χ4v) is 5.08. The van der Waals surface area contributed by atoms with Crippen LogP contribution in [0.15, 0.2) is 35.5 Å². The first-order valence-electron chi connectivity index (χ1n) is 8.54. The van der Waals surface area contributed by atoms with Gasteiger partial charge in [0.1, 0.15) is 0 Å². The van der Waals surface area contributed by atoms with Crippen LogP contribution in [0, 0.1) is 29.1 Å². The Kier molecular flexibility index (Phi) is 2.77. The lowest BCUT2D eigenvalue weighted by Gasteiger charge is -2.18. The monoisotopic (exact) mass is 338 g/mol. The molecule has 0 radical (unpaired) electrons. The maximum Gasteiger partial charge on any atom is 0.254 e. The number of hydrogen-bond donors (Lipinski definition) is 1. The molecule has 2 saturated carbocycles. The zero-order valence-corrected chi connectivity index (χ0v) is 13.8. The average molecular weight is 338 g/mol. The predicted octanol–water partition coefficient (Wildman–Crippen LogP) is 1.93. The van der Waals surface area contributed by atoms with Gasteiger partial charge in [0.05, 0.1) is 25.2 Å². The molecule has 5 rings (SSSR count). The Morgan fingerprint density at radius 1 is 1.20 bits per heavy atom. The van der Waals surface area contributed by atoms with Gasteiger partial charge in [-0.15, -0.1) is 0 Å². The van der Waals surface area contributed by atoms with Crippen molar-refractivity contribution in [3.05, 3.63) is 35.9 Å². The molecule has 128 valence electrons. The van der Waals surface area contributed by atoms with Crippen molar-refractivity contribution >= 4 is 18.0 Å². The summed E-state index contributed by atoms with van der Waals surface area (Å²) in [5.74, 6) is -0.0909. The second kappa shape index (κ2) is 4.71. The number of phenolic OH excluding ortho intramolecular Hbond substituents is 1. The molecule has 4 aliphatic rings. The lowest BCUT2D eigenvalue weighted by Crippen LogP contribution is -2.30. The van der Waals surface area contributed by atoms with Crippen LogP contribution < -0.4 is 4.74 Å². The Bertz CT molecular complexity index is 821. The number of ether oxygens (including phenoxy) is 1. The standard InChI is InChI=1S/C19H18N2O4/c1-25-14-8-10(2-5-13(14)22)9-20-21-17(23)15-11-3-4-12(16(15)18(21)24)19(11)6-7-19/h2-5,8-9,11-12,15-16,22H,6-7H2,1H3/b20-9+/t11-,12+,15-,16+. The van der Waals surface area contributed by atoms with Gasteiger partial charge in [0, 0.05) is 0 Å². The number of hydrazone groups is 1. The average Bonchev–Trinajstić information content (AvgIpc) is 3.21. The lowest BCUT2D eigenvalue weighted by atomic mass is 9.85. The first kappa shape index (κ1) is 14.7. The Hall–Kier alpha value is -2.63. The van der Waals surface area contributed by atoms with E-state index in [-0.39, 0.29) is 46.7 Å². The highest BCUT2D eigenvalue weighted by Crippen LogP contribution is 2.73. The lowest BCUT2D eigenvalue weighted by molar-refractivity contribution is -0.141. The summed E-state index contributed by atoms with van der Waals surface area (Å²) in [6.45, 7) is 0. The van der Waals surface area contributed by atoms with Crippen LogP contribution in [0.2, 0.25) is 0 Å². The van der Waals surface area contributed by atoms with Crippen LogP contribution in [0.3, 0.4) is 0 Å². The van der Waals surface area contributed by atoms with Crippen molar-refractivity contribution in [2.45, 2.75) is 12.8 Å². The molecule has 25 heavy (non-hydrogen) atoms. The van der Waals surface area contributed by atoms with Crippen molar-refractivity contribution in [1.82, 2.24) is 5.01 Å². The number of nitrogens with zero attached hydrogens (tertiary/aromatic N) is 2. The van der Waals surface area contributed by atoms with E-state index in [2.05, 4.69) is 17.3 Å². The molecule has 6 heteroatoms. The SMILES string of the molecule is COc1cc(/C=N/N2C(=O)[C@@H]3[C@H](C2=O)[C@H]2C=C[C@@H]3C23CC3)ccc1O. The molecule has 1 saturated heterocycles. The topological polar surface area (TPSA) is 79.2 Å². The molecule has 0 aromatic heterocycles. The minimum Gasteiger partial charge on any atom is -0.504 e. The molecule has 1 spiro atoms. The molecular formula is C19H18N2O4. The molecule has 1 aliphatic heterocycles. The Labute approximate surface area is 144 Å². The number of carbonyl (C=O) groups is 2. The second-order valence-corrected chi connectivity index (χ2v) is 7.39. The maximum atomic E-state index is 12.8. The largest absolute Gasteiger partial charge is 0.504 e. The third kappa shape index (κ3) is 1.77. The van der Waals surface area contributed by atoms with Crippen LogP contribution in [-0.2, 0) is 9.59 Å². The van der Waals surface area contributed by atoms with Crippen molar-refractivity contribution in [2.24, 2.45) is 34.2 Å². The fraction of sp³-hybridized carbons (Fsp3) is 0.421. The Morgan fingerprint density at radius 2 is 1.84 bits per heavy atom. The van der Waals surface area contributed by atoms with Crippen molar-refractivity contribution in [3.8, 4) is 11.5 Å². The van der Waals surface area contributed by atoms with Gasteiger partial charge in [-0.1, -0.05) is 12.2 Å². The van der Waals surface area contributed by atoms with Gasteiger partial charge >= 0.3 is 0 Å². The highest BCUT2D eigenvalue weighted by molar-refractivity contribution is 6.07. The summed E-state index contributed by atoms with van der Waals surface area (Å²) >= 11 is 0. The fourth-order valence-electron chi connectivity index (χ4n) is 5.08. The zero-order valence-electron chi connectivity index (χ0n) is 13.8. The van der Waals surface area contributed by atoms with Crippen LogP contribution in [0.5, 0.6) is 11.5 Å². The minimum atomic E-state index is -0.239. The first-order chi connectivity index (χ1) is 12.1. The first-order valence-corrected chi connectivity index (χ1v) is 8.54. The van der Waals surface area contributed by atoms with Gasteiger partial charge in [-0.05, 0) is 53.9 Å². The maximum absolute atomic E-state index is 12.8. The highest BCUT2D eigenvalue weighted by atomic mass is 16.5. The van der Waals surface area contributed by atoms with Gasteiger partial charge in [0.25, 0.3) is 11.8 Å². The van der Waals surface area contributed by atoms with E-state index in [0.717, 1.165) is 17.9 Å². The summed E-state index contributed by atoms with van der Waals surface area (Å²) < 4.78 is 5.06. The van der Waals surface area contributed by atoms with Gasteiger partial charge in [-0.25, -0.2) is 0 Å². The molecule has 1 aromatic rings. The van der Waals surface area contributed by atoms with E-state index in [1.807, 2.05) is 0 Å². The molecule has 1 heterocycles. The Balaban J connectivity index is 1.42. The number of allylic oxidation sites excluding steroid dienone is 2. The number of carbonyl (C=O) groups excluding carboxylic acids is 2. The highest BCUT2D eigenvalue weighted by Gasteiger charge is 2.73. The summed E-state index contributed by atoms with van der Waals surface area (Å²) in [5.41, 5.74) is 0.841. The van der Waals surface area contributed by atoms with Crippen molar-refractivity contribution in [1.29, 1.82) is 0 Å². The summed E-state index contributed by atoms with van der Waals surface area (Å²) in [4.78, 5) is 25.6. The second-order valence-electron chi connectivity index (χ2n) is 7.39. The van der Waals surface area contributed by atoms with Crippen LogP contribution in [0.1, 0.15) is 18.4 Å². The molecule has 0 unspecified atom stereocenters. The smallest absolute Gasteiger partial charge is 0.254 e. The molecule has 3 fully saturated rings. The number of imide groups is 1. The Morgan fingerprint density at radius 3 is 2.40 bits per heavy atom. The number of phenols is 1. The van der Waals surface area contributed by atoms with E-state index in [9.17, 15) is 14.7 Å². The molecule has 6 nitrogen and oxygen atoms in total. The number of methoxy groups -OCH3 is 1. The van der Waals surface area contributed by atoms with E-state index in [1.165, 1.54) is 19.4 Å². The van der Waals surface area contributed by atoms with E-state index in [0.29, 0.717) is 11.3 Å². The van der Waals surface area contributed by atoms with Crippen LogP contribution in [-0.4, -0.2) is 35.3 Å². The molecule has 1 aromatic carbocycles. The van der Waals surface area contributed by atoms with Crippen molar-refractivity contribution in [3.63, 3.8) is 0 Å². The number of aromatic hydroxyl groups is 1. The molecule has 1 N–H and O–H groups in total. The number of rotatable bonds is 3. The van der Waals surface area contributed by atoms with Crippen LogP contribution >= 0.6 is 0 Å². The third-order valence-corrected chi connectivity index (χ3v) is 6.36. The molecule has 3 aliphatic carbocycles. The zero-order chi connectivity index (χ0) is 17.3. The molecule has 4 atom stereocenters. The van der Waals surface area contributed by atoms with E-state index in [1.54, 1.807) is 12.1 Å². The van der Waals surface area contributed by atoms with Gasteiger partial charge in [0.15, 0.2) is 11.5 Å². The summed E-state index contributed by atoms with van der Waals surface area (Å²) in [6.07, 6.45) is 7.99. The van der Waals surface area contributed by atoms with E-state index >= 15 is 0 Å². The van der Waals surface area contributed by atoms with E-state index < -0.39 is 0 Å². The molecular weight excluding hydrogens is 320 g/mol. The quantitative estimate of drug-likeness (QED) is 0.519. The number of fused-ring (bicyclic) bond motifs is 3. The summed E-state index contributed by atoms with van der Waals surface area (Å²) in [5, 5.41) is 14.8. The third-order valence-electron chi connectivity index (χ3n) is 6.36. The number of benzene rings is 1. The van der Waals surface area contributed by atoms with Crippen molar-refractivity contribution < 1.29 is 19.4 Å². The van der Waals surface area contributed by atoms with Gasteiger partial charge < -0.3 is 9.84 Å². The van der Waals surface area contributed by atoms with Gasteiger partial charge in [-0.3, -0.25) is 9.59 Å². The number of amides is 2. The van der Waals surface area contributed by atoms with Gasteiger partial charge in [-0.2, -0.15) is 10.1 Å². The predicted molar refractivity (Wildman–Crippen MR) is 88.9 cm³/mol. The molecule has 2 amide bonds. The molecule has 2 bridgehead atoms. The minimum absolute atomic E-state index is 0.0277. The van der Waals surface area contributed by atoms with Crippen LogP contribution in [0.25, 0.3) is 0 Å². The van der Waals surface area contributed by atoms with Crippen molar-refractivity contribution in [2.75, 3.05) is 7.11 Å².